The zero-order valence-corrected chi connectivity index (χ0v) is 27.0. The molecule has 10 heteroatoms. The number of hydrogen-bond acceptors (Lipinski definition) is 4. The van der Waals surface area contributed by atoms with Crippen LogP contribution in [-0.2, 0) is 23.2 Å². The molecule has 2 atom stereocenters. The average Bonchev–Trinajstić information content (AvgIpc) is 3.23. The van der Waals surface area contributed by atoms with E-state index in [0.29, 0.717) is 5.82 Å². The van der Waals surface area contributed by atoms with Gasteiger partial charge in [0.2, 0.25) is 5.91 Å². The third kappa shape index (κ3) is 9.92. The Morgan fingerprint density at radius 1 is 1.19 bits per heavy atom. The Labute approximate surface area is 247 Å². The van der Waals surface area contributed by atoms with Crippen LogP contribution in [0.25, 0.3) is 0 Å². The van der Waals surface area contributed by atoms with Crippen LogP contribution in [0.3, 0.4) is 0 Å². The van der Waals surface area contributed by atoms with E-state index in [4.69, 9.17) is 11.6 Å². The number of fused-ring (bicyclic) bond motifs is 1. The highest BCUT2D eigenvalue weighted by molar-refractivity contribution is 8.93. The number of hydrogen-bond donors (Lipinski definition) is 3. The second-order valence-electron chi connectivity index (χ2n) is 11.6. The summed E-state index contributed by atoms with van der Waals surface area (Å²) in [5.41, 5.74) is 2.09. The molecule has 210 valence electrons. The van der Waals surface area contributed by atoms with E-state index >= 15 is 0 Å². The third-order valence-electron chi connectivity index (χ3n) is 6.55. The first-order valence-electron chi connectivity index (χ1n) is 12.7. The quantitative estimate of drug-likeness (QED) is 0.272. The van der Waals surface area contributed by atoms with Gasteiger partial charge >= 0.3 is 0 Å². The first-order valence-corrected chi connectivity index (χ1v) is 13.0. The van der Waals surface area contributed by atoms with Crippen LogP contribution < -0.4 is 16.0 Å². The fourth-order valence-electron chi connectivity index (χ4n) is 4.52. The standard InChI is InChI=1S/C27H41ClFN5O.2BrH/c1-7-8-23(32-20-10-9-18-13-22(29)21(28)12-19(18)11-20)25(35)33-24-14-34(17-31-24)27(5,6)16-30-15-26(2,3)4;;/h12-14,17,20,23,30,32H,7-11,15-16H2,1-6H3,(H,33,35);2*1H/t20-,23-;;/m0../s1. The summed E-state index contributed by atoms with van der Waals surface area (Å²) in [7, 11) is 0. The Morgan fingerprint density at radius 2 is 1.89 bits per heavy atom. The molecule has 0 radical (unpaired) electrons. The Hall–Kier alpha value is -1.00. The number of carbonyl (C=O) groups is 1. The lowest BCUT2D eigenvalue weighted by atomic mass is 9.87. The van der Waals surface area contributed by atoms with Gasteiger partial charge in [0.25, 0.3) is 0 Å². The van der Waals surface area contributed by atoms with Gasteiger partial charge in [0.05, 0.1) is 22.9 Å². The van der Waals surface area contributed by atoms with Crippen molar-refractivity contribution >= 4 is 57.3 Å². The number of halogens is 4. The SMILES string of the molecule is Br.Br.CCC[C@H](N[C@H]1CCc2cc(F)c(Cl)cc2C1)C(=O)Nc1cn(C(C)(C)CNCC(C)(C)C)cn1. The van der Waals surface area contributed by atoms with Crippen molar-refractivity contribution in [3.05, 3.63) is 46.6 Å². The molecule has 1 aromatic heterocycles. The largest absolute Gasteiger partial charge is 0.328 e. The number of aromatic nitrogens is 2. The summed E-state index contributed by atoms with van der Waals surface area (Å²) < 4.78 is 15.8. The van der Waals surface area contributed by atoms with Crippen LogP contribution in [0.1, 0.15) is 71.9 Å². The number of amides is 1. The number of imidazole rings is 1. The maximum Gasteiger partial charge on any atom is 0.242 e. The molecule has 0 fully saturated rings. The number of carbonyl (C=O) groups excluding carboxylic acids is 1. The molecule has 1 amide bonds. The Kier molecular flexibility index (Phi) is 13.2. The molecule has 6 nitrogen and oxygen atoms in total. The smallest absolute Gasteiger partial charge is 0.242 e. The number of benzene rings is 1. The summed E-state index contributed by atoms with van der Waals surface area (Å²) in [6.45, 7) is 14.7. The van der Waals surface area contributed by atoms with Gasteiger partial charge in [0, 0.05) is 25.3 Å². The van der Waals surface area contributed by atoms with Gasteiger partial charge in [-0.1, -0.05) is 45.7 Å². The van der Waals surface area contributed by atoms with Gasteiger partial charge in [0.1, 0.15) is 5.82 Å². The van der Waals surface area contributed by atoms with E-state index in [1.807, 2.05) is 10.8 Å². The van der Waals surface area contributed by atoms with Gasteiger partial charge in [-0.05, 0) is 68.2 Å². The van der Waals surface area contributed by atoms with Crippen LogP contribution >= 0.6 is 45.6 Å². The minimum atomic E-state index is -0.368. The van der Waals surface area contributed by atoms with Gasteiger partial charge in [0.15, 0.2) is 5.82 Å². The molecule has 37 heavy (non-hydrogen) atoms. The highest BCUT2D eigenvalue weighted by Gasteiger charge is 2.27. The van der Waals surface area contributed by atoms with E-state index in [2.05, 4.69) is 62.5 Å². The van der Waals surface area contributed by atoms with Gasteiger partial charge in [-0.2, -0.15) is 0 Å². The molecule has 1 heterocycles. The highest BCUT2D eigenvalue weighted by Crippen LogP contribution is 2.27. The monoisotopic (exact) mass is 665 g/mol. The lowest BCUT2D eigenvalue weighted by molar-refractivity contribution is -0.118. The van der Waals surface area contributed by atoms with E-state index in [1.54, 1.807) is 18.5 Å². The number of rotatable bonds is 10. The normalized spacial score (nSPS) is 16.3. The van der Waals surface area contributed by atoms with Crippen molar-refractivity contribution in [3.8, 4) is 0 Å². The van der Waals surface area contributed by atoms with Gasteiger partial charge in [-0.15, -0.1) is 34.0 Å². The van der Waals surface area contributed by atoms with E-state index in [1.165, 1.54) is 0 Å². The van der Waals surface area contributed by atoms with E-state index in [-0.39, 0.29) is 73.7 Å². The van der Waals surface area contributed by atoms with Crippen LogP contribution in [0.15, 0.2) is 24.7 Å². The predicted molar refractivity (Wildman–Crippen MR) is 162 cm³/mol. The van der Waals surface area contributed by atoms with Crippen molar-refractivity contribution in [1.29, 1.82) is 0 Å². The minimum Gasteiger partial charge on any atom is -0.328 e. The van der Waals surface area contributed by atoms with Crippen LogP contribution in [0.5, 0.6) is 0 Å². The Balaban J connectivity index is 0.00000342. The molecular weight excluding hydrogens is 625 g/mol. The number of nitrogens with zero attached hydrogens (tertiary/aromatic N) is 2. The van der Waals surface area contributed by atoms with Crippen LogP contribution in [0.2, 0.25) is 5.02 Å². The first kappa shape index (κ1) is 34.0. The first-order chi connectivity index (χ1) is 16.4. The van der Waals surface area contributed by atoms with Crippen molar-refractivity contribution in [1.82, 2.24) is 20.2 Å². The molecular formula is C27H43Br2ClFN5O. The maximum atomic E-state index is 13.8. The van der Waals surface area contributed by atoms with Crippen LogP contribution in [0.4, 0.5) is 10.2 Å². The lowest BCUT2D eigenvalue weighted by Crippen LogP contribution is -2.47. The molecule has 1 aromatic carbocycles. The highest BCUT2D eigenvalue weighted by atomic mass is 79.9. The van der Waals surface area contributed by atoms with E-state index < -0.39 is 0 Å². The summed E-state index contributed by atoms with van der Waals surface area (Å²) in [5.74, 6) is 0.106. The molecule has 0 saturated heterocycles. The van der Waals surface area contributed by atoms with Gasteiger partial charge in [-0.3, -0.25) is 4.79 Å². The minimum absolute atomic E-state index is 0. The molecule has 1 aliphatic rings. The number of anilines is 1. The van der Waals surface area contributed by atoms with E-state index in [0.717, 1.165) is 56.3 Å². The molecule has 2 aromatic rings. The molecule has 3 rings (SSSR count). The molecule has 1 aliphatic carbocycles. The average molecular weight is 668 g/mol. The van der Waals surface area contributed by atoms with Crippen molar-refractivity contribution in [2.45, 2.75) is 91.3 Å². The molecule has 0 spiro atoms. The van der Waals surface area contributed by atoms with Crippen molar-refractivity contribution in [2.75, 3.05) is 18.4 Å². The van der Waals surface area contributed by atoms with Crippen LogP contribution in [-0.4, -0.2) is 40.6 Å². The zero-order valence-electron chi connectivity index (χ0n) is 22.8. The van der Waals surface area contributed by atoms with Crippen LogP contribution in [0, 0.1) is 11.2 Å². The zero-order chi connectivity index (χ0) is 25.8. The van der Waals surface area contributed by atoms with Gasteiger partial charge < -0.3 is 20.5 Å². The van der Waals surface area contributed by atoms with Crippen molar-refractivity contribution < 1.29 is 9.18 Å². The summed E-state index contributed by atoms with van der Waals surface area (Å²) >= 11 is 6.00. The molecule has 3 N–H and O–H groups in total. The summed E-state index contributed by atoms with van der Waals surface area (Å²) in [5, 5.41) is 10.2. The Bertz CT molecular complexity index is 1020. The molecule has 0 saturated carbocycles. The summed E-state index contributed by atoms with van der Waals surface area (Å²) in [6.07, 6.45) is 7.63. The summed E-state index contributed by atoms with van der Waals surface area (Å²) in [6, 6.07) is 3.08. The Morgan fingerprint density at radius 3 is 2.54 bits per heavy atom. The molecule has 0 unspecified atom stereocenters. The van der Waals surface area contributed by atoms with Crippen molar-refractivity contribution in [3.63, 3.8) is 0 Å². The summed E-state index contributed by atoms with van der Waals surface area (Å²) in [4.78, 5) is 17.6. The predicted octanol–water partition coefficient (Wildman–Crippen LogP) is 6.46. The topological polar surface area (TPSA) is 71.0 Å². The van der Waals surface area contributed by atoms with Crippen molar-refractivity contribution in [2.24, 2.45) is 5.41 Å². The number of nitrogens with one attached hydrogen (secondary N) is 3. The number of aryl methyl sites for hydroxylation is 1. The fraction of sp³-hybridized carbons (Fsp3) is 0.630. The van der Waals surface area contributed by atoms with E-state index in [9.17, 15) is 9.18 Å². The second-order valence-corrected chi connectivity index (χ2v) is 12.0. The molecule has 0 aliphatic heterocycles. The molecule has 0 bridgehead atoms. The van der Waals surface area contributed by atoms with Gasteiger partial charge in [-0.25, -0.2) is 9.37 Å². The fourth-order valence-corrected chi connectivity index (χ4v) is 4.71. The third-order valence-corrected chi connectivity index (χ3v) is 6.84. The maximum absolute atomic E-state index is 13.8. The second kappa shape index (κ2) is 14.4. The lowest BCUT2D eigenvalue weighted by Gasteiger charge is -2.29.